The first kappa shape index (κ1) is 23.0. The third-order valence-electron chi connectivity index (χ3n) is 5.37. The van der Waals surface area contributed by atoms with Gasteiger partial charge in [-0.2, -0.15) is 0 Å². The predicted octanol–water partition coefficient (Wildman–Crippen LogP) is 3.43. The first-order valence-electron chi connectivity index (χ1n) is 10.2. The molecule has 1 atom stereocenters. The van der Waals surface area contributed by atoms with Crippen molar-refractivity contribution in [2.24, 2.45) is 0 Å². The maximum absolute atomic E-state index is 13.6. The number of benzene rings is 2. The zero-order valence-electron chi connectivity index (χ0n) is 17.6. The lowest BCUT2D eigenvalue weighted by Crippen LogP contribution is -2.47. The summed E-state index contributed by atoms with van der Waals surface area (Å²) < 4.78 is 52.2. The van der Waals surface area contributed by atoms with Gasteiger partial charge in [-0.15, -0.1) is 0 Å². The molecule has 0 aromatic heterocycles. The molecule has 1 amide bonds. The third kappa shape index (κ3) is 5.72. The molecule has 0 spiro atoms. The van der Waals surface area contributed by atoms with Crippen LogP contribution in [0.25, 0.3) is 0 Å². The monoisotopic (exact) mass is 451 g/mol. The van der Waals surface area contributed by atoms with Crippen molar-refractivity contribution in [3.8, 4) is 0 Å². The number of piperidine rings is 1. The maximum atomic E-state index is 13.6. The van der Waals surface area contributed by atoms with Gasteiger partial charge in [0.05, 0.1) is 11.9 Å². The van der Waals surface area contributed by atoms with Crippen LogP contribution in [0.3, 0.4) is 0 Å². The Morgan fingerprint density at radius 2 is 1.71 bits per heavy atom. The van der Waals surface area contributed by atoms with Gasteiger partial charge in [-0.3, -0.25) is 9.10 Å². The van der Waals surface area contributed by atoms with E-state index in [9.17, 15) is 22.0 Å². The average molecular weight is 452 g/mol. The molecule has 1 aliphatic heterocycles. The smallest absolute Gasteiger partial charge is 0.243 e. The Hall–Kier alpha value is -2.68. The number of anilines is 2. The van der Waals surface area contributed by atoms with Crippen LogP contribution in [-0.4, -0.2) is 39.7 Å². The molecule has 0 aliphatic carbocycles. The van der Waals surface area contributed by atoms with Crippen molar-refractivity contribution in [3.63, 3.8) is 0 Å². The molecule has 0 saturated carbocycles. The van der Waals surface area contributed by atoms with E-state index in [2.05, 4.69) is 10.2 Å². The van der Waals surface area contributed by atoms with Crippen LogP contribution in [0, 0.1) is 11.6 Å². The Bertz CT molecular complexity index is 1020. The van der Waals surface area contributed by atoms with Gasteiger partial charge in [0.15, 0.2) is 11.6 Å². The first-order chi connectivity index (χ1) is 14.7. The largest absolute Gasteiger partial charge is 0.372 e. The van der Waals surface area contributed by atoms with Gasteiger partial charge in [0.25, 0.3) is 0 Å². The van der Waals surface area contributed by atoms with Gasteiger partial charge >= 0.3 is 0 Å². The number of hydrogen-bond donors (Lipinski definition) is 1. The minimum atomic E-state index is -3.91. The number of nitrogens with zero attached hydrogens (tertiary/aromatic N) is 2. The molecule has 2 aromatic rings. The lowest BCUT2D eigenvalue weighted by atomic mass is 10.1. The molecular formula is C22H27F2N3O3S. The molecule has 2 aromatic carbocycles. The van der Waals surface area contributed by atoms with E-state index >= 15 is 0 Å². The fourth-order valence-corrected chi connectivity index (χ4v) is 4.91. The third-order valence-corrected chi connectivity index (χ3v) is 6.61. The van der Waals surface area contributed by atoms with Crippen molar-refractivity contribution < 1.29 is 22.0 Å². The van der Waals surface area contributed by atoms with Crippen LogP contribution in [0.5, 0.6) is 0 Å². The number of halogens is 2. The summed E-state index contributed by atoms with van der Waals surface area (Å²) in [6, 6.07) is 9.46. The molecule has 1 saturated heterocycles. The van der Waals surface area contributed by atoms with E-state index in [4.69, 9.17) is 0 Å². The summed E-state index contributed by atoms with van der Waals surface area (Å²) in [5.41, 5.74) is 1.90. The maximum Gasteiger partial charge on any atom is 0.243 e. The van der Waals surface area contributed by atoms with E-state index in [1.807, 2.05) is 24.3 Å². The van der Waals surface area contributed by atoms with Gasteiger partial charge < -0.3 is 10.2 Å². The number of amides is 1. The van der Waals surface area contributed by atoms with Crippen LogP contribution in [0.2, 0.25) is 0 Å². The average Bonchev–Trinajstić information content (AvgIpc) is 2.74. The summed E-state index contributed by atoms with van der Waals surface area (Å²) in [6.07, 6.45) is 4.54. The summed E-state index contributed by atoms with van der Waals surface area (Å²) in [5, 5.41) is 2.72. The highest BCUT2D eigenvalue weighted by atomic mass is 32.2. The van der Waals surface area contributed by atoms with Gasteiger partial charge in [-0.1, -0.05) is 12.1 Å². The topological polar surface area (TPSA) is 69.7 Å². The Morgan fingerprint density at radius 1 is 1.06 bits per heavy atom. The Balaban J connectivity index is 1.67. The van der Waals surface area contributed by atoms with Gasteiger partial charge in [0.1, 0.15) is 6.04 Å². The highest BCUT2D eigenvalue weighted by Gasteiger charge is 2.29. The van der Waals surface area contributed by atoms with Crippen LogP contribution in [0.15, 0.2) is 42.5 Å². The summed E-state index contributed by atoms with van der Waals surface area (Å²) in [7, 11) is -3.91. The number of carbonyl (C=O) groups excluding carboxylic acids is 1. The molecule has 9 heteroatoms. The Kier molecular flexibility index (Phi) is 7.15. The minimum Gasteiger partial charge on any atom is -0.372 e. The van der Waals surface area contributed by atoms with E-state index in [0.29, 0.717) is 0 Å². The van der Waals surface area contributed by atoms with Gasteiger partial charge in [-0.05, 0) is 56.0 Å². The molecule has 0 unspecified atom stereocenters. The second kappa shape index (κ2) is 9.64. The molecule has 168 valence electrons. The standard InChI is InChI=1S/C22H27F2N3O3S/c1-16(27(31(2,29)30)19-10-11-20(23)21(24)14-19)22(28)25-15-17-6-8-18(9-7-17)26-12-4-3-5-13-26/h6-11,14,16H,3-5,12-13,15H2,1-2H3,(H,25,28)/t16-/m1/s1. The molecule has 1 heterocycles. The van der Waals surface area contributed by atoms with Gasteiger partial charge in [0, 0.05) is 31.4 Å². The normalized spacial score (nSPS) is 15.4. The van der Waals surface area contributed by atoms with Gasteiger partial charge in [-0.25, -0.2) is 17.2 Å². The van der Waals surface area contributed by atoms with Crippen molar-refractivity contribution in [1.82, 2.24) is 5.32 Å². The molecule has 1 aliphatic rings. The van der Waals surface area contributed by atoms with Crippen molar-refractivity contribution in [2.45, 2.75) is 38.8 Å². The highest BCUT2D eigenvalue weighted by Crippen LogP contribution is 2.23. The predicted molar refractivity (Wildman–Crippen MR) is 117 cm³/mol. The molecule has 31 heavy (non-hydrogen) atoms. The number of sulfonamides is 1. The molecule has 6 nitrogen and oxygen atoms in total. The van der Waals surface area contributed by atoms with Crippen LogP contribution < -0.4 is 14.5 Å². The first-order valence-corrected chi connectivity index (χ1v) is 12.1. The number of rotatable bonds is 7. The zero-order chi connectivity index (χ0) is 22.6. The molecule has 3 rings (SSSR count). The van der Waals surface area contributed by atoms with E-state index in [0.717, 1.165) is 53.1 Å². The van der Waals surface area contributed by atoms with Crippen molar-refractivity contribution in [2.75, 3.05) is 28.6 Å². The van der Waals surface area contributed by atoms with Crippen LogP contribution >= 0.6 is 0 Å². The summed E-state index contributed by atoms with van der Waals surface area (Å²) in [5.74, 6) is -2.83. The molecule has 1 N–H and O–H groups in total. The van der Waals surface area contributed by atoms with Crippen molar-refractivity contribution in [3.05, 3.63) is 59.7 Å². The lowest BCUT2D eigenvalue weighted by molar-refractivity contribution is -0.122. The molecule has 0 bridgehead atoms. The summed E-state index contributed by atoms with van der Waals surface area (Å²) in [4.78, 5) is 15.0. The van der Waals surface area contributed by atoms with E-state index in [1.54, 1.807) is 0 Å². The fraction of sp³-hybridized carbons (Fsp3) is 0.409. The number of hydrogen-bond acceptors (Lipinski definition) is 4. The van der Waals surface area contributed by atoms with Crippen molar-refractivity contribution >= 4 is 27.3 Å². The number of carbonyl (C=O) groups is 1. The van der Waals surface area contributed by atoms with Gasteiger partial charge in [0.2, 0.25) is 15.9 Å². The van der Waals surface area contributed by atoms with E-state index in [-0.39, 0.29) is 12.2 Å². The molecule has 0 radical (unpaired) electrons. The summed E-state index contributed by atoms with van der Waals surface area (Å²) >= 11 is 0. The van der Waals surface area contributed by atoms with E-state index in [1.165, 1.54) is 26.2 Å². The second-order valence-corrected chi connectivity index (χ2v) is 9.62. The van der Waals surface area contributed by atoms with E-state index < -0.39 is 33.6 Å². The van der Waals surface area contributed by atoms with Crippen LogP contribution in [-0.2, 0) is 21.4 Å². The highest BCUT2D eigenvalue weighted by molar-refractivity contribution is 7.92. The molecular weight excluding hydrogens is 424 g/mol. The lowest BCUT2D eigenvalue weighted by Gasteiger charge is -2.29. The number of nitrogens with one attached hydrogen (secondary N) is 1. The Labute approximate surface area is 181 Å². The fourth-order valence-electron chi connectivity index (χ4n) is 3.74. The summed E-state index contributed by atoms with van der Waals surface area (Å²) in [6.45, 7) is 3.70. The van der Waals surface area contributed by atoms with Crippen LogP contribution in [0.4, 0.5) is 20.2 Å². The second-order valence-electron chi connectivity index (χ2n) is 7.77. The SMILES string of the molecule is C[C@H](C(=O)NCc1ccc(N2CCCCC2)cc1)N(c1ccc(F)c(F)c1)S(C)(=O)=O. The Morgan fingerprint density at radius 3 is 2.29 bits per heavy atom. The minimum absolute atomic E-state index is 0.116. The van der Waals surface area contributed by atoms with Crippen LogP contribution in [0.1, 0.15) is 31.7 Å². The van der Waals surface area contributed by atoms with Crippen molar-refractivity contribution in [1.29, 1.82) is 0 Å². The molecule has 1 fully saturated rings. The quantitative estimate of drug-likeness (QED) is 0.700. The zero-order valence-corrected chi connectivity index (χ0v) is 18.5.